The molecule has 8 nitrogen and oxygen atoms in total. The van der Waals surface area contributed by atoms with E-state index in [-0.39, 0.29) is 29.8 Å². The maximum atomic E-state index is 14.1. The van der Waals surface area contributed by atoms with Gasteiger partial charge in [0.1, 0.15) is 17.7 Å². The van der Waals surface area contributed by atoms with Gasteiger partial charge in [0.2, 0.25) is 5.16 Å². The average Bonchev–Trinajstić information content (AvgIpc) is 3.55. The predicted octanol–water partition coefficient (Wildman–Crippen LogP) is 5.46. The Hall–Kier alpha value is -3.99. The summed E-state index contributed by atoms with van der Waals surface area (Å²) in [6.45, 7) is 0. The van der Waals surface area contributed by atoms with E-state index >= 15 is 0 Å². The highest BCUT2D eigenvalue weighted by Gasteiger charge is 2.44. The van der Waals surface area contributed by atoms with Crippen LogP contribution in [0.5, 0.6) is 11.5 Å². The summed E-state index contributed by atoms with van der Waals surface area (Å²) >= 11 is 1.51. The highest BCUT2D eigenvalue weighted by molar-refractivity contribution is 7.98. The highest BCUT2D eigenvalue weighted by Crippen LogP contribution is 2.38. The summed E-state index contributed by atoms with van der Waals surface area (Å²) < 4.78 is 40.1. The van der Waals surface area contributed by atoms with Gasteiger partial charge < -0.3 is 14.4 Å². The molecule has 2 aliphatic rings. The Morgan fingerprint density at radius 3 is 2.40 bits per heavy atom. The molecule has 11 heteroatoms. The van der Waals surface area contributed by atoms with Crippen molar-refractivity contribution in [1.82, 2.24) is 25.1 Å². The number of thioether (sulfide) groups is 1. The minimum atomic E-state index is -0.707. The first kappa shape index (κ1) is 26.2. The Bertz CT molecular complexity index is 1480. The van der Waals surface area contributed by atoms with Crippen molar-refractivity contribution in [2.75, 3.05) is 7.11 Å². The Balaban J connectivity index is 1.07. The van der Waals surface area contributed by atoms with Crippen LogP contribution in [-0.4, -0.2) is 56.3 Å². The Labute approximate surface area is 234 Å². The Kier molecular flexibility index (Phi) is 7.38. The number of ether oxygens (including phenoxy) is 2. The summed E-state index contributed by atoms with van der Waals surface area (Å²) in [7, 11) is 1.62. The number of fused-ring (bicyclic) bond motifs is 2. The molecule has 0 spiro atoms. The number of amides is 1. The fraction of sp³-hybridized carbons (Fsp3) is 0.310. The van der Waals surface area contributed by atoms with Crippen LogP contribution in [0.15, 0.2) is 71.9 Å². The number of hydrogen-bond acceptors (Lipinski definition) is 7. The largest absolute Gasteiger partial charge is 0.497 e. The Morgan fingerprint density at radius 2 is 1.73 bits per heavy atom. The number of benzene rings is 3. The van der Waals surface area contributed by atoms with Crippen LogP contribution >= 0.6 is 11.8 Å². The molecular weight excluding hydrogens is 536 g/mol. The van der Waals surface area contributed by atoms with Gasteiger partial charge in [-0.1, -0.05) is 23.9 Å². The molecule has 3 heterocycles. The van der Waals surface area contributed by atoms with Gasteiger partial charge in [0, 0.05) is 42.3 Å². The van der Waals surface area contributed by atoms with E-state index in [1.165, 1.54) is 23.9 Å². The predicted molar refractivity (Wildman–Crippen MR) is 145 cm³/mol. The molecule has 0 N–H and O–H groups in total. The summed E-state index contributed by atoms with van der Waals surface area (Å²) in [5, 5.41) is 12.7. The molecule has 2 saturated heterocycles. The molecule has 2 bridgehead atoms. The van der Waals surface area contributed by atoms with E-state index in [1.807, 2.05) is 53.4 Å². The van der Waals surface area contributed by atoms with Crippen molar-refractivity contribution in [3.8, 4) is 17.2 Å². The van der Waals surface area contributed by atoms with Gasteiger partial charge in [-0.3, -0.25) is 4.79 Å². The van der Waals surface area contributed by atoms with Gasteiger partial charge in [-0.2, -0.15) is 4.68 Å². The molecule has 3 aromatic carbocycles. The number of hydrogen-bond donors (Lipinski definition) is 0. The second-order valence-electron chi connectivity index (χ2n) is 9.94. The molecular formula is C29H27F2N5O3S. The number of nitrogens with zero attached hydrogens (tertiary/aromatic N) is 5. The molecule has 2 aliphatic heterocycles. The number of tetrazole rings is 1. The van der Waals surface area contributed by atoms with Gasteiger partial charge in [0.25, 0.3) is 5.91 Å². The molecule has 0 aliphatic carbocycles. The number of halogens is 2. The molecule has 6 rings (SSSR count). The van der Waals surface area contributed by atoms with Crippen LogP contribution in [0.25, 0.3) is 5.69 Å². The van der Waals surface area contributed by atoms with Crippen LogP contribution in [0.2, 0.25) is 0 Å². The first-order valence-corrected chi connectivity index (χ1v) is 14.1. The first-order valence-electron chi connectivity index (χ1n) is 13.1. The van der Waals surface area contributed by atoms with Gasteiger partial charge >= 0.3 is 0 Å². The monoisotopic (exact) mass is 563 g/mol. The quantitative estimate of drug-likeness (QED) is 0.264. The number of methoxy groups -OCH3 is 1. The summed E-state index contributed by atoms with van der Waals surface area (Å²) in [6, 6.07) is 18.5. The van der Waals surface area contributed by atoms with Crippen LogP contribution in [-0.2, 0) is 5.75 Å². The number of carbonyl (C=O) groups excluding carboxylic acids is 1. The minimum Gasteiger partial charge on any atom is -0.497 e. The maximum Gasteiger partial charge on any atom is 0.254 e. The van der Waals surface area contributed by atoms with Gasteiger partial charge in [-0.15, -0.1) is 5.10 Å². The smallest absolute Gasteiger partial charge is 0.254 e. The molecule has 2 atom stereocenters. The fourth-order valence-corrected chi connectivity index (χ4v) is 6.35. The number of aromatic nitrogens is 4. The third kappa shape index (κ3) is 5.38. The van der Waals surface area contributed by atoms with Crippen molar-refractivity contribution in [3.05, 3.63) is 89.5 Å². The van der Waals surface area contributed by atoms with Crippen molar-refractivity contribution in [2.45, 2.75) is 54.8 Å². The lowest BCUT2D eigenvalue weighted by atomic mass is 9.98. The topological polar surface area (TPSA) is 82.4 Å². The summed E-state index contributed by atoms with van der Waals surface area (Å²) in [6.07, 6.45) is 2.81. The van der Waals surface area contributed by atoms with Gasteiger partial charge in [0.15, 0.2) is 11.6 Å². The molecule has 1 amide bonds. The fourth-order valence-electron chi connectivity index (χ4n) is 5.50. The molecule has 0 saturated carbocycles. The van der Waals surface area contributed by atoms with Gasteiger partial charge in [0.05, 0.1) is 12.8 Å². The molecule has 1 aromatic heterocycles. The highest BCUT2D eigenvalue weighted by atomic mass is 32.2. The first-order chi connectivity index (χ1) is 19.5. The van der Waals surface area contributed by atoms with E-state index in [9.17, 15) is 13.6 Å². The zero-order valence-corrected chi connectivity index (χ0v) is 22.6. The van der Waals surface area contributed by atoms with Crippen LogP contribution in [0.3, 0.4) is 0 Å². The van der Waals surface area contributed by atoms with Gasteiger partial charge in [-0.25, -0.2) is 8.78 Å². The van der Waals surface area contributed by atoms with E-state index in [2.05, 4.69) is 15.5 Å². The van der Waals surface area contributed by atoms with E-state index in [0.29, 0.717) is 29.3 Å². The zero-order valence-electron chi connectivity index (χ0n) is 21.7. The zero-order chi connectivity index (χ0) is 27.6. The molecule has 4 aromatic rings. The third-order valence-corrected chi connectivity index (χ3v) is 8.43. The molecule has 2 fully saturated rings. The normalized spacial score (nSPS) is 20.0. The van der Waals surface area contributed by atoms with E-state index in [4.69, 9.17) is 9.47 Å². The molecule has 2 unspecified atom stereocenters. The molecule has 0 radical (unpaired) electrons. The van der Waals surface area contributed by atoms with Crippen LogP contribution in [0.1, 0.15) is 41.6 Å². The second kappa shape index (κ2) is 11.2. The maximum absolute atomic E-state index is 14.1. The average molecular weight is 564 g/mol. The molecule has 206 valence electrons. The second-order valence-corrected chi connectivity index (χ2v) is 10.9. The molecule has 40 heavy (non-hydrogen) atoms. The summed E-state index contributed by atoms with van der Waals surface area (Å²) in [4.78, 5) is 15.4. The summed E-state index contributed by atoms with van der Waals surface area (Å²) in [5.41, 5.74) is 2.51. The number of rotatable bonds is 8. The van der Waals surface area contributed by atoms with Crippen molar-refractivity contribution in [3.63, 3.8) is 0 Å². The summed E-state index contributed by atoms with van der Waals surface area (Å²) in [5.74, 6) is 0.106. The van der Waals surface area contributed by atoms with Crippen LogP contribution in [0, 0.1) is 11.6 Å². The van der Waals surface area contributed by atoms with Crippen molar-refractivity contribution < 1.29 is 23.0 Å². The standard InChI is InChI=1S/C29H27F2N5O3S/c1-38-24-11-9-21(10-12-24)36-29(32-33-34-36)40-17-18-2-4-19(5-3-18)28(37)35-22-7-8-23(35)16-25(15-22)39-27-13-6-20(30)14-26(27)31/h2-6,9-14,22-23,25H,7-8,15-17H2,1H3. The lowest BCUT2D eigenvalue weighted by Crippen LogP contribution is -2.49. The lowest BCUT2D eigenvalue weighted by molar-refractivity contribution is 0.0349. The Morgan fingerprint density at radius 1 is 1.00 bits per heavy atom. The van der Waals surface area contributed by atoms with E-state index < -0.39 is 11.6 Å². The van der Waals surface area contributed by atoms with Crippen molar-refractivity contribution in [2.24, 2.45) is 0 Å². The minimum absolute atomic E-state index is 0.00145. The van der Waals surface area contributed by atoms with E-state index in [1.54, 1.807) is 11.8 Å². The third-order valence-electron chi connectivity index (χ3n) is 7.44. The van der Waals surface area contributed by atoms with Crippen molar-refractivity contribution >= 4 is 17.7 Å². The lowest BCUT2D eigenvalue weighted by Gasteiger charge is -2.39. The number of carbonyl (C=O) groups is 1. The SMILES string of the molecule is COc1ccc(-n2nnnc2SCc2ccc(C(=O)N3C4CCC3CC(Oc3ccc(F)cc3F)C4)cc2)cc1. The van der Waals surface area contributed by atoms with Gasteiger partial charge in [-0.05, 0) is 77.4 Å². The van der Waals surface area contributed by atoms with Crippen LogP contribution in [0.4, 0.5) is 8.78 Å². The number of piperidine rings is 1. The van der Waals surface area contributed by atoms with E-state index in [0.717, 1.165) is 35.9 Å². The van der Waals surface area contributed by atoms with Crippen LogP contribution < -0.4 is 9.47 Å². The van der Waals surface area contributed by atoms with Crippen molar-refractivity contribution in [1.29, 1.82) is 0 Å².